The smallest absolute Gasteiger partial charge is 0.243 e. The number of aromatic nitrogens is 3. The summed E-state index contributed by atoms with van der Waals surface area (Å²) in [5.41, 5.74) is 0.768. The van der Waals surface area contributed by atoms with Crippen molar-refractivity contribution in [1.82, 2.24) is 24.0 Å². The number of carbonyl (C=O) groups is 1. The molecule has 0 radical (unpaired) electrons. The Hall–Kier alpha value is -1.95. The van der Waals surface area contributed by atoms with E-state index in [2.05, 4.69) is 17.1 Å². The van der Waals surface area contributed by atoms with Crippen LogP contribution in [0.2, 0.25) is 0 Å². The van der Waals surface area contributed by atoms with Crippen LogP contribution in [0.15, 0.2) is 34.3 Å². The zero-order valence-electron chi connectivity index (χ0n) is 18.4. The molecule has 0 unspecified atom stereocenters. The highest BCUT2D eigenvalue weighted by atomic mass is 32.2. The van der Waals surface area contributed by atoms with Gasteiger partial charge in [0.15, 0.2) is 11.0 Å². The van der Waals surface area contributed by atoms with Gasteiger partial charge in [-0.3, -0.25) is 4.79 Å². The predicted octanol–water partition coefficient (Wildman–Crippen LogP) is 1.85. The normalized spacial score (nSPS) is 20.4. The Kier molecular flexibility index (Phi) is 7.18. The third kappa shape index (κ3) is 5.00. The molecule has 2 aromatic rings. The van der Waals surface area contributed by atoms with E-state index in [0.29, 0.717) is 49.0 Å². The van der Waals surface area contributed by atoms with Gasteiger partial charge in [0.05, 0.1) is 23.9 Å². The van der Waals surface area contributed by atoms with Gasteiger partial charge in [-0.1, -0.05) is 18.7 Å². The molecule has 2 aliphatic rings. The third-order valence-electron chi connectivity index (χ3n) is 5.89. The van der Waals surface area contributed by atoms with Gasteiger partial charge in [-0.15, -0.1) is 10.2 Å². The number of nitrogens with zero attached hydrogens (tertiary/aromatic N) is 5. The third-order valence-corrected chi connectivity index (χ3v) is 8.81. The summed E-state index contributed by atoms with van der Waals surface area (Å²) in [5, 5.41) is 9.15. The minimum Gasteiger partial charge on any atom is -0.379 e. The van der Waals surface area contributed by atoms with Crippen molar-refractivity contribution < 1.29 is 17.9 Å². The van der Waals surface area contributed by atoms with E-state index in [4.69, 9.17) is 4.74 Å². The van der Waals surface area contributed by atoms with Crippen LogP contribution in [0.3, 0.4) is 0 Å². The number of amides is 1. The number of ether oxygens (including phenoxy) is 1. The van der Waals surface area contributed by atoms with Crippen LogP contribution in [0.5, 0.6) is 0 Å². The highest BCUT2D eigenvalue weighted by molar-refractivity contribution is 7.99. The minimum absolute atomic E-state index is 0.128. The Morgan fingerprint density at radius 3 is 2.56 bits per heavy atom. The minimum atomic E-state index is -3.53. The van der Waals surface area contributed by atoms with Crippen molar-refractivity contribution in [2.24, 2.45) is 13.0 Å². The van der Waals surface area contributed by atoms with E-state index in [1.54, 1.807) is 24.3 Å². The van der Waals surface area contributed by atoms with Crippen LogP contribution in [0.4, 0.5) is 0 Å². The van der Waals surface area contributed by atoms with Crippen molar-refractivity contribution in [1.29, 1.82) is 0 Å². The van der Waals surface area contributed by atoms with Gasteiger partial charge in [-0.05, 0) is 43.0 Å². The van der Waals surface area contributed by atoms with Crippen molar-refractivity contribution in [3.05, 3.63) is 24.3 Å². The maximum Gasteiger partial charge on any atom is 0.243 e. The molecule has 0 spiro atoms. The average molecular weight is 480 g/mol. The lowest BCUT2D eigenvalue weighted by Crippen LogP contribution is -2.40. The average Bonchev–Trinajstić information content (AvgIpc) is 3.18. The molecule has 2 aliphatic heterocycles. The summed E-state index contributed by atoms with van der Waals surface area (Å²) in [6, 6.07) is 6.68. The lowest BCUT2D eigenvalue weighted by Gasteiger charge is -2.30. The first-order valence-corrected chi connectivity index (χ1v) is 13.3. The van der Waals surface area contributed by atoms with Crippen LogP contribution in [0, 0.1) is 5.92 Å². The monoisotopic (exact) mass is 479 g/mol. The van der Waals surface area contributed by atoms with Gasteiger partial charge in [0.25, 0.3) is 0 Å². The maximum absolute atomic E-state index is 12.8. The fourth-order valence-corrected chi connectivity index (χ4v) is 6.26. The van der Waals surface area contributed by atoms with E-state index >= 15 is 0 Å². The first-order valence-electron chi connectivity index (χ1n) is 10.8. The predicted molar refractivity (Wildman–Crippen MR) is 122 cm³/mol. The number of morpholine rings is 1. The van der Waals surface area contributed by atoms with Gasteiger partial charge in [0, 0.05) is 38.8 Å². The topological polar surface area (TPSA) is 97.6 Å². The lowest BCUT2D eigenvalue weighted by molar-refractivity contribution is -0.130. The molecule has 4 rings (SSSR count). The van der Waals surface area contributed by atoms with Crippen molar-refractivity contribution in [2.75, 3.05) is 45.1 Å². The number of piperidine rings is 1. The molecule has 1 amide bonds. The molecule has 2 saturated heterocycles. The van der Waals surface area contributed by atoms with Crippen LogP contribution in [-0.2, 0) is 26.6 Å². The molecule has 9 nitrogen and oxygen atoms in total. The van der Waals surface area contributed by atoms with Crippen LogP contribution in [-0.4, -0.2) is 83.4 Å². The fourth-order valence-electron chi connectivity index (χ4n) is 4.04. The number of hydrogen-bond donors (Lipinski definition) is 0. The molecule has 2 fully saturated rings. The molecule has 1 aromatic carbocycles. The fraction of sp³-hybridized carbons (Fsp3) is 0.571. The first-order chi connectivity index (χ1) is 15.4. The van der Waals surface area contributed by atoms with Crippen LogP contribution in [0.25, 0.3) is 11.4 Å². The highest BCUT2D eigenvalue weighted by Gasteiger charge is 2.26. The van der Waals surface area contributed by atoms with Gasteiger partial charge < -0.3 is 14.2 Å². The molecular formula is C21H29N5O4S2. The number of rotatable bonds is 6. The van der Waals surface area contributed by atoms with Crippen LogP contribution >= 0.6 is 11.8 Å². The van der Waals surface area contributed by atoms with Crippen LogP contribution < -0.4 is 0 Å². The van der Waals surface area contributed by atoms with E-state index in [-0.39, 0.29) is 10.8 Å². The van der Waals surface area contributed by atoms with Crippen molar-refractivity contribution in [3.8, 4) is 11.4 Å². The zero-order chi connectivity index (χ0) is 22.7. The molecule has 11 heteroatoms. The molecule has 0 bridgehead atoms. The number of benzene rings is 1. The Morgan fingerprint density at radius 2 is 1.88 bits per heavy atom. The second-order valence-corrected chi connectivity index (χ2v) is 11.2. The molecule has 0 N–H and O–H groups in total. The number of thioether (sulfide) groups is 1. The van der Waals surface area contributed by atoms with E-state index in [9.17, 15) is 13.2 Å². The number of sulfonamides is 1. The summed E-state index contributed by atoms with van der Waals surface area (Å²) >= 11 is 1.38. The Balaban J connectivity index is 1.42. The van der Waals surface area contributed by atoms with Crippen LogP contribution in [0.1, 0.15) is 19.8 Å². The SMILES string of the molecule is C[C@@H]1CCCN(C(=O)CSc2nnc(-c3ccc(S(=O)(=O)N4CCOCC4)cc3)n2C)C1. The van der Waals surface area contributed by atoms with Gasteiger partial charge in [-0.2, -0.15) is 4.31 Å². The van der Waals surface area contributed by atoms with E-state index < -0.39 is 10.0 Å². The summed E-state index contributed by atoms with van der Waals surface area (Å²) in [7, 11) is -1.68. The summed E-state index contributed by atoms with van der Waals surface area (Å²) in [6.07, 6.45) is 2.24. The second-order valence-electron chi connectivity index (χ2n) is 8.28. The Morgan fingerprint density at radius 1 is 1.16 bits per heavy atom. The Labute approximate surface area is 193 Å². The lowest BCUT2D eigenvalue weighted by atomic mass is 10.0. The standard InChI is InChI=1S/C21H29N5O4S2/c1-16-4-3-9-25(14-16)19(27)15-31-21-23-22-20(24(21)2)17-5-7-18(8-6-17)32(28,29)26-10-12-30-13-11-26/h5-8,16H,3-4,9-15H2,1-2H3/t16-/m1/s1. The molecule has 32 heavy (non-hydrogen) atoms. The number of carbonyl (C=O) groups excluding carboxylic acids is 1. The summed E-state index contributed by atoms with van der Waals surface area (Å²) in [4.78, 5) is 14.7. The molecule has 1 atom stereocenters. The second kappa shape index (κ2) is 9.90. The van der Waals surface area contributed by atoms with E-state index in [1.165, 1.54) is 22.5 Å². The summed E-state index contributed by atoms with van der Waals surface area (Å²) in [6.45, 7) is 5.38. The van der Waals surface area contributed by atoms with Gasteiger partial charge in [-0.25, -0.2) is 8.42 Å². The molecular weight excluding hydrogens is 450 g/mol. The maximum atomic E-state index is 12.8. The number of likely N-dealkylation sites (tertiary alicyclic amines) is 1. The van der Waals surface area contributed by atoms with E-state index in [0.717, 1.165) is 25.1 Å². The van der Waals surface area contributed by atoms with Crippen molar-refractivity contribution in [2.45, 2.75) is 29.8 Å². The summed E-state index contributed by atoms with van der Waals surface area (Å²) in [5.74, 6) is 1.63. The quantitative estimate of drug-likeness (QED) is 0.583. The molecule has 3 heterocycles. The van der Waals surface area contributed by atoms with Gasteiger partial charge in [0.2, 0.25) is 15.9 Å². The van der Waals surface area contributed by atoms with E-state index in [1.807, 2.05) is 16.5 Å². The number of hydrogen-bond acceptors (Lipinski definition) is 7. The first kappa shape index (κ1) is 23.2. The van der Waals surface area contributed by atoms with Crippen molar-refractivity contribution >= 4 is 27.7 Å². The molecule has 0 saturated carbocycles. The largest absolute Gasteiger partial charge is 0.379 e. The molecule has 174 valence electrons. The van der Waals surface area contributed by atoms with Gasteiger partial charge >= 0.3 is 0 Å². The molecule has 1 aromatic heterocycles. The Bertz CT molecular complexity index is 1050. The zero-order valence-corrected chi connectivity index (χ0v) is 20.1. The summed E-state index contributed by atoms with van der Waals surface area (Å²) < 4.78 is 34.1. The van der Waals surface area contributed by atoms with Crippen molar-refractivity contribution in [3.63, 3.8) is 0 Å². The highest BCUT2D eigenvalue weighted by Crippen LogP contribution is 2.26. The van der Waals surface area contributed by atoms with Gasteiger partial charge in [0.1, 0.15) is 0 Å². The molecule has 0 aliphatic carbocycles.